The SMILES string of the molecule is C[C@H](Nc1nc(N)nc(N)c1C#N)c1cn2nccc2nc1-c1ccccc1. The van der Waals surface area contributed by atoms with Crippen molar-refractivity contribution in [2.45, 2.75) is 13.0 Å². The van der Waals surface area contributed by atoms with Crippen molar-refractivity contribution in [3.05, 3.63) is 59.9 Å². The van der Waals surface area contributed by atoms with Gasteiger partial charge in [0.2, 0.25) is 5.95 Å². The molecule has 9 heteroatoms. The van der Waals surface area contributed by atoms with Crippen molar-refractivity contribution >= 4 is 23.2 Å². The van der Waals surface area contributed by atoms with Crippen LogP contribution >= 0.6 is 0 Å². The minimum atomic E-state index is -0.267. The van der Waals surface area contributed by atoms with Crippen molar-refractivity contribution in [2.75, 3.05) is 16.8 Å². The van der Waals surface area contributed by atoms with Gasteiger partial charge in [-0.3, -0.25) is 0 Å². The van der Waals surface area contributed by atoms with Gasteiger partial charge in [0.1, 0.15) is 17.5 Å². The van der Waals surface area contributed by atoms with Gasteiger partial charge in [-0.25, -0.2) is 9.50 Å². The summed E-state index contributed by atoms with van der Waals surface area (Å²) >= 11 is 0. The van der Waals surface area contributed by atoms with Gasteiger partial charge in [0.25, 0.3) is 0 Å². The smallest absolute Gasteiger partial charge is 0.224 e. The molecule has 0 radical (unpaired) electrons. The number of aromatic nitrogens is 5. The molecule has 4 rings (SSSR count). The fraction of sp³-hybridized carbons (Fsp3) is 0.105. The van der Waals surface area contributed by atoms with Crippen molar-refractivity contribution in [1.82, 2.24) is 24.6 Å². The molecule has 0 bridgehead atoms. The van der Waals surface area contributed by atoms with E-state index in [0.717, 1.165) is 22.5 Å². The number of nitrogen functional groups attached to an aromatic ring is 2. The van der Waals surface area contributed by atoms with E-state index in [0.29, 0.717) is 0 Å². The summed E-state index contributed by atoms with van der Waals surface area (Å²) in [4.78, 5) is 12.7. The maximum absolute atomic E-state index is 9.40. The van der Waals surface area contributed by atoms with Gasteiger partial charge < -0.3 is 16.8 Å². The zero-order valence-corrected chi connectivity index (χ0v) is 15.0. The minimum absolute atomic E-state index is 0.00450. The number of nitrogens with zero attached hydrogens (tertiary/aromatic N) is 6. The molecule has 0 saturated carbocycles. The first-order valence-corrected chi connectivity index (χ1v) is 8.56. The van der Waals surface area contributed by atoms with E-state index >= 15 is 0 Å². The second-order valence-corrected chi connectivity index (χ2v) is 6.21. The number of nitrogens with one attached hydrogen (secondary N) is 1. The predicted octanol–water partition coefficient (Wildman–Crippen LogP) is 2.40. The molecule has 3 aromatic heterocycles. The van der Waals surface area contributed by atoms with E-state index in [2.05, 4.69) is 20.4 Å². The van der Waals surface area contributed by atoms with E-state index in [-0.39, 0.29) is 29.2 Å². The molecule has 0 aliphatic rings. The van der Waals surface area contributed by atoms with Crippen molar-refractivity contribution < 1.29 is 0 Å². The first kappa shape index (κ1) is 17.2. The number of fused-ring (bicyclic) bond motifs is 1. The Bertz CT molecular complexity index is 1190. The molecule has 0 fully saturated rings. The maximum atomic E-state index is 9.40. The van der Waals surface area contributed by atoms with Crippen LogP contribution in [0.4, 0.5) is 17.6 Å². The van der Waals surface area contributed by atoms with E-state index in [1.165, 1.54) is 0 Å². The van der Waals surface area contributed by atoms with Crippen LogP contribution in [0.25, 0.3) is 16.9 Å². The van der Waals surface area contributed by atoms with Crippen molar-refractivity contribution in [2.24, 2.45) is 0 Å². The monoisotopic (exact) mass is 371 g/mol. The van der Waals surface area contributed by atoms with Crippen LogP contribution < -0.4 is 16.8 Å². The van der Waals surface area contributed by atoms with Crippen LogP contribution in [0, 0.1) is 11.3 Å². The number of anilines is 3. The van der Waals surface area contributed by atoms with Gasteiger partial charge in [-0.1, -0.05) is 30.3 Å². The second kappa shape index (κ2) is 6.85. The van der Waals surface area contributed by atoms with Gasteiger partial charge >= 0.3 is 0 Å². The fourth-order valence-corrected chi connectivity index (χ4v) is 3.00. The van der Waals surface area contributed by atoms with Crippen LogP contribution in [0.5, 0.6) is 0 Å². The third kappa shape index (κ3) is 3.03. The molecule has 28 heavy (non-hydrogen) atoms. The van der Waals surface area contributed by atoms with Gasteiger partial charge in [0.15, 0.2) is 11.5 Å². The third-order valence-corrected chi connectivity index (χ3v) is 4.34. The quantitative estimate of drug-likeness (QED) is 0.496. The minimum Gasteiger partial charge on any atom is -0.382 e. The lowest BCUT2D eigenvalue weighted by atomic mass is 10.0. The highest BCUT2D eigenvalue weighted by atomic mass is 15.2. The average molecular weight is 371 g/mol. The van der Waals surface area contributed by atoms with E-state index in [4.69, 9.17) is 16.5 Å². The van der Waals surface area contributed by atoms with Crippen LogP contribution in [0.3, 0.4) is 0 Å². The number of nitriles is 1. The van der Waals surface area contributed by atoms with E-state index in [9.17, 15) is 5.26 Å². The Morgan fingerprint density at radius 3 is 2.64 bits per heavy atom. The van der Waals surface area contributed by atoms with Gasteiger partial charge in [0.05, 0.1) is 17.9 Å². The Balaban J connectivity index is 1.82. The summed E-state index contributed by atoms with van der Waals surface area (Å²) in [6.45, 7) is 1.94. The first-order chi connectivity index (χ1) is 13.6. The van der Waals surface area contributed by atoms with E-state index in [1.54, 1.807) is 10.7 Å². The summed E-state index contributed by atoms with van der Waals surface area (Å²) in [6, 6.07) is 13.4. The summed E-state index contributed by atoms with van der Waals surface area (Å²) in [5.41, 5.74) is 15.1. The zero-order chi connectivity index (χ0) is 19.7. The highest BCUT2D eigenvalue weighted by Crippen LogP contribution is 2.30. The Morgan fingerprint density at radius 1 is 1.11 bits per heavy atom. The van der Waals surface area contributed by atoms with Gasteiger partial charge in [-0.2, -0.15) is 20.3 Å². The van der Waals surface area contributed by atoms with Crippen LogP contribution in [-0.2, 0) is 0 Å². The molecule has 0 saturated heterocycles. The molecule has 9 nitrogen and oxygen atoms in total. The molecule has 3 heterocycles. The van der Waals surface area contributed by atoms with Gasteiger partial charge in [0, 0.05) is 23.4 Å². The Kier molecular flexibility index (Phi) is 4.21. The molecule has 5 N–H and O–H groups in total. The number of nitrogens with two attached hydrogens (primary N) is 2. The Morgan fingerprint density at radius 2 is 1.89 bits per heavy atom. The van der Waals surface area contributed by atoms with E-state index in [1.807, 2.05) is 55.6 Å². The summed E-state index contributed by atoms with van der Waals surface area (Å²) in [6.07, 6.45) is 3.60. The fourth-order valence-electron chi connectivity index (χ4n) is 3.00. The van der Waals surface area contributed by atoms with E-state index < -0.39 is 0 Å². The highest BCUT2D eigenvalue weighted by Gasteiger charge is 2.19. The lowest BCUT2D eigenvalue weighted by molar-refractivity contribution is 0.830. The number of rotatable bonds is 4. The molecule has 1 atom stereocenters. The molecule has 0 unspecified atom stereocenters. The molecule has 138 valence electrons. The molecular formula is C19H17N9. The van der Waals surface area contributed by atoms with Gasteiger partial charge in [-0.05, 0) is 6.92 Å². The third-order valence-electron chi connectivity index (χ3n) is 4.34. The Hall–Kier alpha value is -4.19. The normalized spacial score (nSPS) is 11.9. The molecule has 1 aromatic carbocycles. The zero-order valence-electron chi connectivity index (χ0n) is 15.0. The van der Waals surface area contributed by atoms with Gasteiger partial charge in [-0.15, -0.1) is 0 Å². The molecule has 0 aliphatic heterocycles. The van der Waals surface area contributed by atoms with Crippen molar-refractivity contribution in [1.29, 1.82) is 5.26 Å². The van der Waals surface area contributed by atoms with Crippen LogP contribution in [0.15, 0.2) is 48.8 Å². The maximum Gasteiger partial charge on any atom is 0.224 e. The second-order valence-electron chi connectivity index (χ2n) is 6.21. The largest absolute Gasteiger partial charge is 0.382 e. The van der Waals surface area contributed by atoms with Crippen LogP contribution in [0.2, 0.25) is 0 Å². The van der Waals surface area contributed by atoms with Crippen LogP contribution in [-0.4, -0.2) is 24.6 Å². The standard InChI is InChI=1S/C19H17N9/c1-11(24-18-13(9-20)17(21)26-19(22)27-18)14-10-28-15(7-8-23-28)25-16(14)12-5-3-2-4-6-12/h2-8,10-11H,1H3,(H5,21,22,24,26,27)/t11-/m0/s1. The first-order valence-electron chi connectivity index (χ1n) is 8.56. The average Bonchev–Trinajstić information content (AvgIpc) is 3.15. The topological polar surface area (TPSA) is 144 Å². The Labute approximate surface area is 160 Å². The molecule has 0 spiro atoms. The highest BCUT2D eigenvalue weighted by molar-refractivity contribution is 5.68. The summed E-state index contributed by atoms with van der Waals surface area (Å²) < 4.78 is 1.70. The predicted molar refractivity (Wildman–Crippen MR) is 106 cm³/mol. The summed E-state index contributed by atoms with van der Waals surface area (Å²) in [5.74, 6) is 0.309. The molecule has 0 aliphatic carbocycles. The number of benzene rings is 1. The summed E-state index contributed by atoms with van der Waals surface area (Å²) in [7, 11) is 0. The number of hydrogen-bond donors (Lipinski definition) is 3. The van der Waals surface area contributed by atoms with Crippen molar-refractivity contribution in [3.8, 4) is 17.3 Å². The number of hydrogen-bond acceptors (Lipinski definition) is 8. The van der Waals surface area contributed by atoms with Crippen LogP contribution in [0.1, 0.15) is 24.1 Å². The lowest BCUT2D eigenvalue weighted by Gasteiger charge is -2.19. The molecule has 4 aromatic rings. The molecular weight excluding hydrogens is 354 g/mol. The molecule has 0 amide bonds. The lowest BCUT2D eigenvalue weighted by Crippen LogP contribution is -2.15. The van der Waals surface area contributed by atoms with Crippen molar-refractivity contribution in [3.63, 3.8) is 0 Å². The summed E-state index contributed by atoms with van der Waals surface area (Å²) in [5, 5.41) is 16.9.